The monoisotopic (exact) mass is 2200 g/mol. The van der Waals surface area contributed by atoms with Crippen molar-refractivity contribution < 1.29 is 54.9 Å². The Balaban J connectivity index is 0.000000133. The van der Waals surface area contributed by atoms with Crippen LogP contribution in [0, 0.1) is 94.7 Å². The summed E-state index contributed by atoms with van der Waals surface area (Å²) >= 11 is 29.4. The summed E-state index contributed by atoms with van der Waals surface area (Å²) in [6.07, 6.45) is 52.3. The number of amides is 3. The van der Waals surface area contributed by atoms with E-state index in [2.05, 4.69) is 81.3 Å². The highest BCUT2D eigenvalue weighted by Gasteiger charge is 2.50. The molecule has 39 heteroatoms. The predicted octanol–water partition coefficient (Wildman–Crippen LogP) is 18.4. The van der Waals surface area contributed by atoms with Gasteiger partial charge in [0.25, 0.3) is 0 Å². The topological polar surface area (TPSA) is 327 Å². The van der Waals surface area contributed by atoms with E-state index in [-0.39, 0.29) is 40.4 Å². The van der Waals surface area contributed by atoms with Gasteiger partial charge in [0.2, 0.25) is 67.5 Å². The standard InChI is InChI=1S/2C23H35ClN4O2.C22H33ClN4O2.2C21H33ClN4O3S/c1-16(2)22(29)27-10-5-20(6-11-27)30-12-7-18-13-21(18)17-3-8-28(9-4-17)23-25-14-19(24)15-26-23;1-2-3-22(29)27-11-6-20(7-12-27)30-13-8-18-14-21(18)17-4-9-28(10-5-17)23-25-15-19(24)16-26-23;1-2-21(28)26-10-5-19(6-11-26)29-12-7-17-13-20(17)16-3-8-27(9-4-16)22-24-14-18(23)15-25-22;2*1-15(2)30(27,28)26-9-5-19(14-26)29-10-6-17-11-20(17)16-3-7-25(8-4-16)21-23-12-18(22)13-24-21/h14-18,20-21H,3-13H2,1-2H3;15-18,20-21H,2-14H2,1H3;14-17,19-20H,2-13H2,1H3;2*12-13,15-17,19-20H,3-11,14H2,1-2H3/t2*18-,21-;17-,20-;17-,19+,20-;17-,19-,20-/m11111/s1. The van der Waals surface area contributed by atoms with Gasteiger partial charge in [0.15, 0.2) is 0 Å². The molecule has 10 aliphatic heterocycles. The molecule has 3 amide bonds. The maximum absolute atomic E-state index is 12.3. The Kier molecular flexibility index (Phi) is 43.1. The van der Waals surface area contributed by atoms with Gasteiger partial charge in [-0.25, -0.2) is 66.7 Å². The molecule has 0 spiro atoms. The van der Waals surface area contributed by atoms with Crippen LogP contribution in [-0.2, 0) is 58.1 Å². The molecule has 0 N–H and O–H groups in total. The zero-order valence-corrected chi connectivity index (χ0v) is 95.1. The number of aromatic nitrogens is 10. The van der Waals surface area contributed by atoms with Crippen LogP contribution in [0.3, 0.4) is 0 Å². The van der Waals surface area contributed by atoms with E-state index in [4.69, 9.17) is 81.7 Å². The van der Waals surface area contributed by atoms with Crippen molar-refractivity contribution in [3.63, 3.8) is 0 Å². The lowest BCUT2D eigenvalue weighted by molar-refractivity contribution is -0.137. The van der Waals surface area contributed by atoms with Crippen molar-refractivity contribution in [3.8, 4) is 0 Å². The first-order chi connectivity index (χ1) is 72.0. The number of nitrogens with zero attached hydrogens (tertiary/aromatic N) is 20. The average Bonchev–Trinajstić information content (AvgIpc) is 1.66. The van der Waals surface area contributed by atoms with E-state index in [9.17, 15) is 31.2 Å². The molecule has 20 rings (SSSR count). The lowest BCUT2D eigenvalue weighted by Crippen LogP contribution is -2.42. The highest BCUT2D eigenvalue weighted by molar-refractivity contribution is 7.90. The predicted molar refractivity (Wildman–Crippen MR) is 588 cm³/mol. The SMILES string of the molecule is CC(C)C(=O)N1CCC(OCC[C@@H]2C[C@@H]2C2CCN(c3ncc(Cl)cn3)CC2)CC1.CC(C)S(=O)(=O)N1CC[C@@H](OCC[C@@H]2C[C@@H]2C2CCN(c3ncc(Cl)cn3)CC2)C1.CC(C)S(=O)(=O)N1CC[C@H](OCC[C@@H]2C[C@@H]2C2CCN(c3ncc(Cl)cn3)CC2)C1.CCC(=O)N1CCC(OCC[C@@H]2C[C@@H]2C2CCN(c3ncc(Cl)cn3)CC2)CC1.CCCC(=O)N1CCC(OCC[C@@H]2C[C@@H]2C2CCN(c3ncc(Cl)cn3)CC2)CC1. The van der Waals surface area contributed by atoms with E-state index < -0.39 is 20.0 Å². The van der Waals surface area contributed by atoms with Gasteiger partial charge in [-0.3, -0.25) is 14.4 Å². The zero-order chi connectivity index (χ0) is 105. The minimum atomic E-state index is -3.15. The summed E-state index contributed by atoms with van der Waals surface area (Å²) in [6.45, 7) is 36.7. The fourth-order valence-electron chi connectivity index (χ4n) is 25.3. The van der Waals surface area contributed by atoms with Crippen LogP contribution >= 0.6 is 58.0 Å². The minimum absolute atomic E-state index is 0.0540. The molecule has 15 fully saturated rings. The van der Waals surface area contributed by atoms with Crippen molar-refractivity contribution in [2.45, 2.75) is 295 Å². The van der Waals surface area contributed by atoms with Gasteiger partial charge in [-0.1, -0.05) is 85.7 Å². The maximum Gasteiger partial charge on any atom is 0.225 e. The zero-order valence-electron chi connectivity index (χ0n) is 89.7. The number of hydrogen-bond acceptors (Lipinski definition) is 27. The van der Waals surface area contributed by atoms with Crippen molar-refractivity contribution in [1.82, 2.24) is 73.1 Å². The average molecular weight is 2210 g/mol. The van der Waals surface area contributed by atoms with Gasteiger partial charge in [0, 0.05) is 183 Å². The maximum atomic E-state index is 12.3. The summed E-state index contributed by atoms with van der Waals surface area (Å²) < 4.78 is 82.8. The Bertz CT molecular complexity index is 5010. The number of ether oxygens (including phenoxy) is 5. The van der Waals surface area contributed by atoms with Gasteiger partial charge in [-0.2, -0.15) is 8.61 Å². The Morgan fingerprint density at radius 2 is 0.517 bits per heavy atom. The molecule has 5 aromatic rings. The molecule has 15 aliphatic rings. The Morgan fingerprint density at radius 3 is 0.732 bits per heavy atom. The number of likely N-dealkylation sites (tertiary alicyclic amines) is 3. The molecule has 0 unspecified atom stereocenters. The van der Waals surface area contributed by atoms with Gasteiger partial charge in [0.05, 0.1) is 128 Å². The van der Waals surface area contributed by atoms with Crippen molar-refractivity contribution >= 4 is 126 Å². The van der Waals surface area contributed by atoms with Crippen LogP contribution in [0.2, 0.25) is 25.1 Å². The van der Waals surface area contributed by atoms with Gasteiger partial charge in [-0.15, -0.1) is 0 Å². The molecule has 5 saturated carbocycles. The lowest BCUT2D eigenvalue weighted by Gasteiger charge is -2.33. The number of rotatable bonds is 38. The lowest BCUT2D eigenvalue weighted by atomic mass is 9.90. The summed E-state index contributed by atoms with van der Waals surface area (Å²) in [5.41, 5.74) is 0. The molecule has 5 aliphatic carbocycles. The van der Waals surface area contributed by atoms with Gasteiger partial charge in [-0.05, 0) is 303 Å². The Hall–Kier alpha value is -6.12. The number of anilines is 5. The van der Waals surface area contributed by atoms with Gasteiger partial charge in [0.1, 0.15) is 0 Å². The molecule has 10 saturated heterocycles. The van der Waals surface area contributed by atoms with E-state index >= 15 is 0 Å². The van der Waals surface area contributed by atoms with Gasteiger partial charge >= 0.3 is 0 Å². The number of piperidine rings is 8. The van der Waals surface area contributed by atoms with E-state index in [0.717, 1.165) is 327 Å². The highest BCUT2D eigenvalue weighted by atomic mass is 35.5. The minimum Gasteiger partial charge on any atom is -0.378 e. The van der Waals surface area contributed by atoms with Crippen LogP contribution in [0.15, 0.2) is 62.0 Å². The molecule has 0 radical (unpaired) electrons. The Labute approximate surface area is 912 Å². The van der Waals surface area contributed by atoms with Crippen LogP contribution in [0.4, 0.5) is 29.7 Å². The molecule has 0 aromatic carbocycles. The number of carbonyl (C=O) groups excluding carboxylic acids is 3. The third-order valence-corrected chi connectivity index (χ3v) is 40.5. The molecule has 12 atom stereocenters. The second-order valence-electron chi connectivity index (χ2n) is 45.9. The molecule has 0 bridgehead atoms. The third-order valence-electron chi connectivity index (χ3n) is 35.0. The smallest absolute Gasteiger partial charge is 0.225 e. The first-order valence-corrected chi connectivity index (χ1v) is 61.9. The fraction of sp³-hybridized carbons (Fsp3) is 0.791. The number of carbonyl (C=O) groups is 3. The third kappa shape index (κ3) is 33.7. The van der Waals surface area contributed by atoms with Crippen molar-refractivity contribution in [2.75, 3.05) is 188 Å². The number of hydrogen-bond donors (Lipinski definition) is 0. The first-order valence-electron chi connectivity index (χ1n) is 57.0. The van der Waals surface area contributed by atoms with Crippen LogP contribution < -0.4 is 24.5 Å². The molecule has 5 aromatic heterocycles. The van der Waals surface area contributed by atoms with Crippen molar-refractivity contribution in [1.29, 1.82) is 0 Å². The highest BCUT2D eigenvalue weighted by Crippen LogP contribution is 2.55. The Morgan fingerprint density at radius 1 is 0.302 bits per heavy atom. The quantitative estimate of drug-likeness (QED) is 0.0354. The molecule has 32 nitrogen and oxygen atoms in total. The molecular weight excluding hydrogens is 2030 g/mol. The number of halogens is 5. The van der Waals surface area contributed by atoms with Crippen LogP contribution in [0.25, 0.3) is 0 Å². The van der Waals surface area contributed by atoms with Crippen LogP contribution in [0.1, 0.15) is 254 Å². The fourth-order valence-corrected chi connectivity index (χ4v) is 28.4. The molecule has 828 valence electrons. The van der Waals surface area contributed by atoms with Crippen LogP contribution in [-0.4, -0.2) is 313 Å². The van der Waals surface area contributed by atoms with Crippen molar-refractivity contribution in [2.24, 2.45) is 94.7 Å². The summed E-state index contributed by atoms with van der Waals surface area (Å²) in [4.78, 5) is 96.7. The van der Waals surface area contributed by atoms with Crippen LogP contribution in [0.5, 0.6) is 0 Å². The molecule has 149 heavy (non-hydrogen) atoms. The van der Waals surface area contributed by atoms with Crippen molar-refractivity contribution in [3.05, 3.63) is 87.1 Å². The second kappa shape index (κ2) is 55.7. The van der Waals surface area contributed by atoms with Gasteiger partial charge < -0.3 is 62.9 Å². The summed E-state index contributed by atoms with van der Waals surface area (Å²) in [7, 11) is -6.31. The summed E-state index contributed by atoms with van der Waals surface area (Å²) in [6, 6.07) is 0. The molecule has 15 heterocycles. The largest absolute Gasteiger partial charge is 0.378 e. The van der Waals surface area contributed by atoms with E-state index in [1.165, 1.54) is 116 Å². The molecular formula is C110H169Cl5N20O12S2. The summed E-state index contributed by atoms with van der Waals surface area (Å²) in [5, 5.41) is 2.19. The summed E-state index contributed by atoms with van der Waals surface area (Å²) in [5.74, 6) is 17.4. The van der Waals surface area contributed by atoms with E-state index in [1.807, 2.05) is 35.5 Å². The number of sulfonamides is 2. The van der Waals surface area contributed by atoms with E-state index in [0.29, 0.717) is 88.4 Å². The van der Waals surface area contributed by atoms with E-state index in [1.54, 1.807) is 98.3 Å². The first kappa shape index (κ1) is 115. The normalized spacial score (nSPS) is 26.8. The second-order valence-corrected chi connectivity index (χ2v) is 53.1.